The largest absolute Gasteiger partial charge is 0.372 e. The van der Waals surface area contributed by atoms with Crippen molar-refractivity contribution in [2.24, 2.45) is 5.41 Å². The number of hydrogen-bond acceptors (Lipinski definition) is 2. The average Bonchev–Trinajstić information content (AvgIpc) is 2.45. The molecule has 0 amide bonds. The van der Waals surface area contributed by atoms with Crippen molar-refractivity contribution in [1.82, 2.24) is 5.32 Å². The lowest BCUT2D eigenvalue weighted by Crippen LogP contribution is -2.47. The molecule has 0 spiro atoms. The smallest absolute Gasteiger partial charge is 0.128 e. The minimum absolute atomic E-state index is 0.167. The van der Waals surface area contributed by atoms with Crippen molar-refractivity contribution in [3.63, 3.8) is 0 Å². The Hall–Kier alpha value is -0.930. The number of halogens is 1. The topological polar surface area (TPSA) is 21.3 Å². The molecule has 0 heterocycles. The molecule has 0 saturated heterocycles. The van der Waals surface area contributed by atoms with E-state index in [2.05, 4.69) is 26.1 Å². The van der Waals surface area contributed by atoms with Crippen LogP contribution in [0.3, 0.4) is 0 Å². The first-order chi connectivity index (χ1) is 10.0. The van der Waals surface area contributed by atoms with E-state index >= 15 is 0 Å². The van der Waals surface area contributed by atoms with E-state index in [0.717, 1.165) is 25.8 Å². The van der Waals surface area contributed by atoms with Crippen LogP contribution in [-0.2, 0) is 11.3 Å². The number of benzene rings is 1. The minimum Gasteiger partial charge on any atom is -0.372 e. The van der Waals surface area contributed by atoms with Gasteiger partial charge < -0.3 is 10.1 Å². The summed E-state index contributed by atoms with van der Waals surface area (Å²) in [5, 5.41) is 3.59. The van der Waals surface area contributed by atoms with Gasteiger partial charge >= 0.3 is 0 Å². The van der Waals surface area contributed by atoms with Crippen LogP contribution in [0, 0.1) is 11.2 Å². The lowest BCUT2D eigenvalue weighted by Gasteiger charge is -2.41. The lowest BCUT2D eigenvalue weighted by atomic mass is 9.74. The van der Waals surface area contributed by atoms with Gasteiger partial charge in [-0.25, -0.2) is 4.39 Å². The summed E-state index contributed by atoms with van der Waals surface area (Å²) in [5.74, 6) is -0.175. The third-order valence-electron chi connectivity index (χ3n) is 4.40. The van der Waals surface area contributed by atoms with Crippen LogP contribution in [0.5, 0.6) is 0 Å². The molecule has 1 aromatic rings. The maximum absolute atomic E-state index is 13.7. The normalized spacial score (nSPS) is 25.0. The molecular weight excluding hydrogens is 265 g/mol. The van der Waals surface area contributed by atoms with E-state index in [1.54, 1.807) is 12.1 Å². The summed E-state index contributed by atoms with van der Waals surface area (Å²) in [6.45, 7) is 8.14. The summed E-state index contributed by atoms with van der Waals surface area (Å²) in [6, 6.07) is 7.27. The average molecular weight is 293 g/mol. The van der Waals surface area contributed by atoms with Gasteiger partial charge in [-0.2, -0.15) is 0 Å². The second-order valence-corrected chi connectivity index (χ2v) is 6.91. The standard InChI is InChI=1S/C18H28FNO/c1-4-11-20-16-9-10-18(2,3)12-17(16)21-13-14-7-5-6-8-15(14)19/h5-8,16-17,20H,4,9-13H2,1-3H3. The minimum atomic E-state index is -0.175. The van der Waals surface area contributed by atoms with Crippen LogP contribution in [0.1, 0.15) is 52.0 Å². The Morgan fingerprint density at radius 1 is 1.33 bits per heavy atom. The van der Waals surface area contributed by atoms with Crippen molar-refractivity contribution >= 4 is 0 Å². The molecule has 1 fully saturated rings. The van der Waals surface area contributed by atoms with E-state index in [1.807, 2.05) is 6.07 Å². The van der Waals surface area contributed by atoms with Crippen molar-refractivity contribution in [2.75, 3.05) is 6.54 Å². The van der Waals surface area contributed by atoms with Crippen LogP contribution in [0.15, 0.2) is 24.3 Å². The molecule has 0 bridgehead atoms. The predicted molar refractivity (Wildman–Crippen MR) is 84.7 cm³/mol. The molecule has 2 rings (SSSR count). The van der Waals surface area contributed by atoms with E-state index in [9.17, 15) is 4.39 Å². The molecule has 1 saturated carbocycles. The third-order valence-corrected chi connectivity index (χ3v) is 4.40. The maximum atomic E-state index is 13.7. The molecule has 2 atom stereocenters. The van der Waals surface area contributed by atoms with Gasteiger partial charge in [0.15, 0.2) is 0 Å². The monoisotopic (exact) mass is 293 g/mol. The van der Waals surface area contributed by atoms with Crippen LogP contribution in [-0.4, -0.2) is 18.7 Å². The molecule has 1 aliphatic rings. The Labute approximate surface area is 128 Å². The summed E-state index contributed by atoms with van der Waals surface area (Å²) < 4.78 is 19.8. The Kier molecular flexibility index (Phi) is 5.77. The highest BCUT2D eigenvalue weighted by Crippen LogP contribution is 2.37. The maximum Gasteiger partial charge on any atom is 0.128 e. The summed E-state index contributed by atoms with van der Waals surface area (Å²) in [5.41, 5.74) is 0.958. The molecule has 2 nitrogen and oxygen atoms in total. The fourth-order valence-electron chi connectivity index (χ4n) is 3.07. The predicted octanol–water partition coefficient (Wildman–Crippen LogP) is 4.29. The second-order valence-electron chi connectivity index (χ2n) is 6.91. The van der Waals surface area contributed by atoms with Crippen molar-refractivity contribution < 1.29 is 9.13 Å². The van der Waals surface area contributed by atoms with Gasteiger partial charge in [0.05, 0.1) is 12.7 Å². The summed E-state index contributed by atoms with van der Waals surface area (Å²) in [4.78, 5) is 0. The molecule has 1 aromatic carbocycles. The zero-order valence-electron chi connectivity index (χ0n) is 13.5. The van der Waals surface area contributed by atoms with Crippen LogP contribution in [0.4, 0.5) is 4.39 Å². The lowest BCUT2D eigenvalue weighted by molar-refractivity contribution is -0.0378. The highest BCUT2D eigenvalue weighted by atomic mass is 19.1. The molecule has 1 N–H and O–H groups in total. The molecular formula is C18H28FNO. The SMILES string of the molecule is CCCNC1CCC(C)(C)CC1OCc1ccccc1F. The van der Waals surface area contributed by atoms with Crippen LogP contribution >= 0.6 is 0 Å². The van der Waals surface area contributed by atoms with Gasteiger partial charge in [0.1, 0.15) is 5.82 Å². The van der Waals surface area contributed by atoms with Gasteiger partial charge in [-0.3, -0.25) is 0 Å². The van der Waals surface area contributed by atoms with Crippen LogP contribution in [0.25, 0.3) is 0 Å². The molecule has 0 radical (unpaired) electrons. The number of rotatable bonds is 6. The molecule has 2 unspecified atom stereocenters. The first kappa shape index (κ1) is 16.4. The highest BCUT2D eigenvalue weighted by molar-refractivity contribution is 5.16. The van der Waals surface area contributed by atoms with Crippen molar-refractivity contribution in [1.29, 1.82) is 0 Å². The molecule has 118 valence electrons. The van der Waals surface area contributed by atoms with Gasteiger partial charge in [-0.1, -0.05) is 39.0 Å². The molecule has 0 aliphatic heterocycles. The fourth-order valence-corrected chi connectivity index (χ4v) is 3.07. The van der Waals surface area contributed by atoms with E-state index < -0.39 is 0 Å². The van der Waals surface area contributed by atoms with Crippen molar-refractivity contribution in [2.45, 2.75) is 65.2 Å². The molecule has 21 heavy (non-hydrogen) atoms. The molecule has 3 heteroatoms. The number of hydrogen-bond donors (Lipinski definition) is 1. The van der Waals surface area contributed by atoms with Gasteiger partial charge in [-0.15, -0.1) is 0 Å². The number of ether oxygens (including phenoxy) is 1. The first-order valence-electron chi connectivity index (χ1n) is 8.10. The zero-order valence-corrected chi connectivity index (χ0v) is 13.5. The van der Waals surface area contributed by atoms with E-state index in [4.69, 9.17) is 4.74 Å². The van der Waals surface area contributed by atoms with E-state index in [1.165, 1.54) is 12.5 Å². The van der Waals surface area contributed by atoms with Gasteiger partial charge in [0.25, 0.3) is 0 Å². The summed E-state index contributed by atoms with van der Waals surface area (Å²) >= 11 is 0. The van der Waals surface area contributed by atoms with Crippen molar-refractivity contribution in [3.05, 3.63) is 35.6 Å². The van der Waals surface area contributed by atoms with Crippen LogP contribution < -0.4 is 5.32 Å². The van der Waals surface area contributed by atoms with Crippen molar-refractivity contribution in [3.8, 4) is 0 Å². The van der Waals surface area contributed by atoms with Crippen LogP contribution in [0.2, 0.25) is 0 Å². The second kappa shape index (κ2) is 7.37. The van der Waals surface area contributed by atoms with E-state index in [-0.39, 0.29) is 11.9 Å². The Balaban J connectivity index is 1.97. The molecule has 0 aromatic heterocycles. The van der Waals surface area contributed by atoms with E-state index in [0.29, 0.717) is 23.6 Å². The fraction of sp³-hybridized carbons (Fsp3) is 0.667. The zero-order chi connectivity index (χ0) is 15.3. The Bertz CT molecular complexity index is 447. The van der Waals surface area contributed by atoms with Gasteiger partial charge in [0.2, 0.25) is 0 Å². The first-order valence-corrected chi connectivity index (χ1v) is 8.10. The molecule has 1 aliphatic carbocycles. The number of nitrogens with one attached hydrogen (secondary N) is 1. The summed E-state index contributed by atoms with van der Waals surface area (Å²) in [7, 11) is 0. The Morgan fingerprint density at radius 3 is 2.81 bits per heavy atom. The summed E-state index contributed by atoms with van der Waals surface area (Å²) in [6.07, 6.45) is 4.67. The van der Waals surface area contributed by atoms with Gasteiger partial charge in [0, 0.05) is 11.6 Å². The highest BCUT2D eigenvalue weighted by Gasteiger charge is 2.35. The Morgan fingerprint density at radius 2 is 2.10 bits per heavy atom. The quantitative estimate of drug-likeness (QED) is 0.845. The van der Waals surface area contributed by atoms with Gasteiger partial charge in [-0.05, 0) is 43.7 Å². The third kappa shape index (κ3) is 4.79.